The summed E-state index contributed by atoms with van der Waals surface area (Å²) in [6, 6.07) is 0. The zero-order valence-corrected chi connectivity index (χ0v) is 14.3. The van der Waals surface area contributed by atoms with Crippen LogP contribution >= 0.6 is 0 Å². The summed E-state index contributed by atoms with van der Waals surface area (Å²) in [5, 5.41) is 7.97. The summed E-state index contributed by atoms with van der Waals surface area (Å²) in [4.78, 5) is 11.8. The minimum absolute atomic E-state index is 0.00375. The number of hydrogen-bond acceptors (Lipinski definition) is 6. The quantitative estimate of drug-likeness (QED) is 0.610. The van der Waals surface area contributed by atoms with E-state index in [0.717, 1.165) is 0 Å². The van der Waals surface area contributed by atoms with Crippen molar-refractivity contribution in [2.75, 3.05) is 0 Å². The van der Waals surface area contributed by atoms with Crippen molar-refractivity contribution in [3.05, 3.63) is 6.20 Å². The predicted molar refractivity (Wildman–Crippen MR) is 81.6 cm³/mol. The lowest BCUT2D eigenvalue weighted by Gasteiger charge is -2.32. The number of esters is 1. The van der Waals surface area contributed by atoms with Crippen molar-refractivity contribution in [2.45, 2.75) is 71.8 Å². The molecule has 1 saturated heterocycles. The molecular weight excluding hydrogens is 285 g/mol. The molecule has 0 atom stereocenters. The van der Waals surface area contributed by atoms with Crippen LogP contribution in [0.3, 0.4) is 0 Å². The van der Waals surface area contributed by atoms with Gasteiger partial charge in [-0.1, -0.05) is 5.21 Å². The van der Waals surface area contributed by atoms with Gasteiger partial charge in [-0.3, -0.25) is 4.79 Å². The van der Waals surface area contributed by atoms with Crippen LogP contribution in [0.1, 0.15) is 48.5 Å². The van der Waals surface area contributed by atoms with Crippen LogP contribution in [0, 0.1) is 0 Å². The third-order valence-corrected chi connectivity index (χ3v) is 3.76. The molecule has 2 rings (SSSR count). The van der Waals surface area contributed by atoms with Gasteiger partial charge in [-0.25, -0.2) is 4.68 Å². The lowest BCUT2D eigenvalue weighted by molar-refractivity contribution is -0.155. The number of nitrogens with zero attached hydrogens (tertiary/aromatic N) is 3. The fourth-order valence-electron chi connectivity index (χ4n) is 1.97. The topological polar surface area (TPSA) is 75.5 Å². The molecule has 0 amide bonds. The lowest BCUT2D eigenvalue weighted by atomic mass is 9.86. The number of aromatic nitrogens is 3. The molecule has 0 aliphatic carbocycles. The summed E-state index contributed by atoms with van der Waals surface area (Å²) in [6.07, 6.45) is 1.64. The molecule has 2 heterocycles. The van der Waals surface area contributed by atoms with Crippen LogP contribution in [0.15, 0.2) is 6.20 Å². The summed E-state index contributed by atoms with van der Waals surface area (Å²) < 4.78 is 18.5. The Morgan fingerprint density at radius 3 is 2.32 bits per heavy atom. The second kappa shape index (κ2) is 5.35. The van der Waals surface area contributed by atoms with Gasteiger partial charge in [0.2, 0.25) is 0 Å². The maximum absolute atomic E-state index is 11.8. The van der Waals surface area contributed by atoms with Crippen molar-refractivity contribution in [2.24, 2.45) is 0 Å². The van der Waals surface area contributed by atoms with E-state index in [1.54, 1.807) is 6.20 Å². The summed E-state index contributed by atoms with van der Waals surface area (Å²) in [7, 11) is -0.586. The second-order valence-electron chi connectivity index (χ2n) is 7.52. The lowest BCUT2D eigenvalue weighted by Crippen LogP contribution is -2.41. The van der Waals surface area contributed by atoms with Crippen LogP contribution in [0.25, 0.3) is 0 Å². The molecule has 7 nitrogen and oxygen atoms in total. The molecule has 0 aromatic carbocycles. The first kappa shape index (κ1) is 17.0. The van der Waals surface area contributed by atoms with Gasteiger partial charge in [-0.15, -0.1) is 5.10 Å². The van der Waals surface area contributed by atoms with Gasteiger partial charge >= 0.3 is 13.1 Å². The molecule has 22 heavy (non-hydrogen) atoms. The molecule has 0 N–H and O–H groups in total. The normalized spacial score (nSPS) is 20.2. The highest BCUT2D eigenvalue weighted by Gasteiger charge is 2.52. The first-order valence-electron chi connectivity index (χ1n) is 7.37. The van der Waals surface area contributed by atoms with Crippen LogP contribution < -0.4 is 5.59 Å². The molecule has 1 aliphatic rings. The third kappa shape index (κ3) is 3.67. The Balaban J connectivity index is 2.03. The number of ether oxygens (including phenoxy) is 1. The van der Waals surface area contributed by atoms with Crippen molar-refractivity contribution in [1.29, 1.82) is 0 Å². The van der Waals surface area contributed by atoms with Crippen LogP contribution in [-0.4, -0.2) is 44.9 Å². The van der Waals surface area contributed by atoms with Gasteiger partial charge < -0.3 is 14.0 Å². The van der Waals surface area contributed by atoms with Crippen LogP contribution in [-0.2, 0) is 25.4 Å². The van der Waals surface area contributed by atoms with E-state index in [-0.39, 0.29) is 12.5 Å². The van der Waals surface area contributed by atoms with Gasteiger partial charge in [-0.05, 0) is 48.5 Å². The van der Waals surface area contributed by atoms with Gasteiger partial charge in [0.15, 0.2) is 0 Å². The van der Waals surface area contributed by atoms with E-state index in [4.69, 9.17) is 14.0 Å². The molecular formula is C14H24BN3O4. The third-order valence-electron chi connectivity index (χ3n) is 3.76. The smallest absolute Gasteiger partial charge is 0.459 e. The van der Waals surface area contributed by atoms with Crippen molar-refractivity contribution in [1.82, 2.24) is 15.0 Å². The standard InChI is InChI=1S/C14H24BN3O4/c1-12(2,3)20-11(19)9-18-8-10(16-17-18)15-21-13(4,5)14(6,7)22-15/h8H,9H2,1-7H3. The average Bonchev–Trinajstić information content (AvgIpc) is 2.79. The molecule has 1 fully saturated rings. The van der Waals surface area contributed by atoms with E-state index in [2.05, 4.69) is 10.3 Å². The summed E-state index contributed by atoms with van der Waals surface area (Å²) in [5.74, 6) is -0.363. The highest BCUT2D eigenvalue weighted by Crippen LogP contribution is 2.36. The van der Waals surface area contributed by atoms with Crippen molar-refractivity contribution in [3.63, 3.8) is 0 Å². The van der Waals surface area contributed by atoms with E-state index in [1.807, 2.05) is 48.5 Å². The zero-order valence-electron chi connectivity index (χ0n) is 14.3. The monoisotopic (exact) mass is 309 g/mol. The maximum Gasteiger partial charge on any atom is 0.518 e. The van der Waals surface area contributed by atoms with E-state index < -0.39 is 23.9 Å². The fourth-order valence-corrected chi connectivity index (χ4v) is 1.97. The Morgan fingerprint density at radius 2 is 1.82 bits per heavy atom. The van der Waals surface area contributed by atoms with Crippen LogP contribution in [0.5, 0.6) is 0 Å². The molecule has 0 radical (unpaired) electrons. The van der Waals surface area contributed by atoms with Crippen molar-refractivity contribution >= 4 is 18.7 Å². The zero-order chi connectivity index (χ0) is 16.8. The fraction of sp³-hybridized carbons (Fsp3) is 0.786. The van der Waals surface area contributed by atoms with E-state index in [0.29, 0.717) is 5.59 Å². The molecule has 1 aromatic rings. The van der Waals surface area contributed by atoms with E-state index in [1.165, 1.54) is 4.68 Å². The molecule has 0 saturated carbocycles. The molecule has 0 unspecified atom stereocenters. The first-order valence-corrected chi connectivity index (χ1v) is 7.37. The molecule has 8 heteroatoms. The number of carbonyl (C=O) groups is 1. The van der Waals surface area contributed by atoms with Crippen molar-refractivity contribution < 1.29 is 18.8 Å². The van der Waals surface area contributed by atoms with E-state index >= 15 is 0 Å². The summed E-state index contributed by atoms with van der Waals surface area (Å²) in [6.45, 7) is 13.3. The number of rotatable bonds is 3. The molecule has 0 spiro atoms. The van der Waals surface area contributed by atoms with Gasteiger partial charge in [0.05, 0.1) is 11.2 Å². The Kier molecular flexibility index (Phi) is 4.12. The molecule has 1 aromatic heterocycles. The number of carbonyl (C=O) groups excluding carboxylic acids is 1. The SMILES string of the molecule is CC(C)(C)OC(=O)Cn1cc(B2OC(C)(C)C(C)(C)O2)nn1. The Hall–Kier alpha value is -1.41. The summed E-state index contributed by atoms with van der Waals surface area (Å²) >= 11 is 0. The van der Waals surface area contributed by atoms with Crippen LogP contribution in [0.2, 0.25) is 0 Å². The average molecular weight is 309 g/mol. The highest BCUT2D eigenvalue weighted by atomic mass is 16.7. The Labute approximate surface area is 131 Å². The highest BCUT2D eigenvalue weighted by molar-refractivity contribution is 6.61. The van der Waals surface area contributed by atoms with Gasteiger partial charge in [0.1, 0.15) is 17.7 Å². The first-order chi connectivity index (χ1) is 9.90. The van der Waals surface area contributed by atoms with Gasteiger partial charge in [0, 0.05) is 6.20 Å². The largest absolute Gasteiger partial charge is 0.518 e. The van der Waals surface area contributed by atoms with E-state index in [9.17, 15) is 4.79 Å². The van der Waals surface area contributed by atoms with Crippen LogP contribution in [0.4, 0.5) is 0 Å². The maximum atomic E-state index is 11.8. The van der Waals surface area contributed by atoms with Gasteiger partial charge in [0.25, 0.3) is 0 Å². The second-order valence-corrected chi connectivity index (χ2v) is 7.52. The molecule has 1 aliphatic heterocycles. The number of hydrogen-bond donors (Lipinski definition) is 0. The predicted octanol–water partition coefficient (Wildman–Crippen LogP) is 0.919. The minimum atomic E-state index is -0.586. The molecule has 0 bridgehead atoms. The van der Waals surface area contributed by atoms with Gasteiger partial charge in [-0.2, -0.15) is 0 Å². The Morgan fingerprint density at radius 1 is 1.27 bits per heavy atom. The molecule has 122 valence electrons. The summed E-state index contributed by atoms with van der Waals surface area (Å²) in [5.41, 5.74) is -0.854. The van der Waals surface area contributed by atoms with Crippen molar-refractivity contribution in [3.8, 4) is 0 Å². The minimum Gasteiger partial charge on any atom is -0.459 e. The Bertz CT molecular complexity index is 547.